The molecule has 0 spiro atoms. The Labute approximate surface area is 214 Å². The maximum Gasteiger partial charge on any atom is 0.264 e. The second-order valence-corrected chi connectivity index (χ2v) is 11.7. The van der Waals surface area contributed by atoms with Crippen molar-refractivity contribution in [3.63, 3.8) is 0 Å². The normalized spacial score (nSPS) is 19.3. The molecule has 1 fully saturated rings. The van der Waals surface area contributed by atoms with Gasteiger partial charge in [-0.3, -0.25) is 14.2 Å². The Hall–Kier alpha value is -1.65. The summed E-state index contributed by atoms with van der Waals surface area (Å²) in [4.78, 5) is 17.2. The van der Waals surface area contributed by atoms with Gasteiger partial charge in [0.2, 0.25) is 0 Å². The number of carbonyl (C=O) groups excluding carboxylic acids is 1. The van der Waals surface area contributed by atoms with Crippen LogP contribution in [0.15, 0.2) is 46.9 Å². The van der Waals surface area contributed by atoms with Gasteiger partial charge in [0.05, 0.1) is 5.75 Å². The van der Waals surface area contributed by atoms with E-state index in [2.05, 4.69) is 27.8 Å². The van der Waals surface area contributed by atoms with Gasteiger partial charge in [-0.2, -0.15) is 8.42 Å². The van der Waals surface area contributed by atoms with Crippen molar-refractivity contribution in [3.05, 3.63) is 63.1 Å². The van der Waals surface area contributed by atoms with Gasteiger partial charge in [0.25, 0.3) is 16.0 Å². The third-order valence-corrected chi connectivity index (χ3v) is 7.51. The highest BCUT2D eigenvalue weighted by Gasteiger charge is 2.32. The average molecular weight is 574 g/mol. The zero-order chi connectivity index (χ0) is 24.9. The molecule has 0 aromatic heterocycles. The Morgan fingerprint density at radius 1 is 1.15 bits per heavy atom. The number of nitrogens with zero attached hydrogens (tertiary/aromatic N) is 2. The second-order valence-electron chi connectivity index (χ2n) is 8.73. The largest absolute Gasteiger partial charge is 0.483 e. The van der Waals surface area contributed by atoms with Crippen molar-refractivity contribution in [2.75, 3.05) is 25.4 Å². The molecule has 1 heterocycles. The van der Waals surface area contributed by atoms with Gasteiger partial charge in [-0.15, -0.1) is 0 Å². The van der Waals surface area contributed by atoms with Crippen LogP contribution in [0.2, 0.25) is 5.02 Å². The number of carbonyl (C=O) groups is 1. The van der Waals surface area contributed by atoms with Gasteiger partial charge < -0.3 is 9.64 Å². The fourth-order valence-corrected chi connectivity index (χ4v) is 5.19. The molecule has 34 heavy (non-hydrogen) atoms. The molecule has 3 rings (SSSR count). The van der Waals surface area contributed by atoms with Crippen molar-refractivity contribution >= 4 is 43.6 Å². The van der Waals surface area contributed by atoms with Crippen LogP contribution < -0.4 is 4.74 Å². The minimum absolute atomic E-state index is 0.0405. The number of hydrogen-bond acceptors (Lipinski definition) is 5. The fraction of sp³-hybridized carbons (Fsp3) is 0.458. The maximum absolute atomic E-state index is 13.0. The van der Waals surface area contributed by atoms with Crippen LogP contribution in [0, 0.1) is 0 Å². The molecule has 0 bridgehead atoms. The third kappa shape index (κ3) is 7.95. The zero-order valence-electron chi connectivity index (χ0n) is 19.3. The molecule has 1 amide bonds. The topological polar surface area (TPSA) is 87.2 Å². The lowest BCUT2D eigenvalue weighted by Gasteiger charge is -2.44. The fourth-order valence-electron chi connectivity index (χ4n) is 4.14. The van der Waals surface area contributed by atoms with Crippen LogP contribution in [0.4, 0.5) is 0 Å². The molecule has 1 aliphatic heterocycles. The standard InChI is InChI=1S/C24H30BrClN2O5S/c1-17-14-28(18(2)13-27(17)15-19-5-8-22(26)9-6-19)24(29)16-33-23-10-7-21(25)12-20(23)4-3-11-34(30,31)32/h5-10,12,17-18H,3-4,11,13-16H2,1-2H3,(H,30,31,32)/t17-,18+/m0/s1. The van der Waals surface area contributed by atoms with E-state index in [0.717, 1.165) is 23.1 Å². The van der Waals surface area contributed by atoms with Crippen molar-refractivity contribution in [2.45, 2.75) is 45.3 Å². The minimum Gasteiger partial charge on any atom is -0.483 e. The van der Waals surface area contributed by atoms with Crippen molar-refractivity contribution < 1.29 is 22.5 Å². The van der Waals surface area contributed by atoms with E-state index in [1.807, 2.05) is 48.2 Å². The van der Waals surface area contributed by atoms with E-state index in [9.17, 15) is 13.2 Å². The van der Waals surface area contributed by atoms with Crippen LogP contribution in [0.25, 0.3) is 0 Å². The van der Waals surface area contributed by atoms with E-state index in [1.54, 1.807) is 6.07 Å². The summed E-state index contributed by atoms with van der Waals surface area (Å²) >= 11 is 9.40. The predicted molar refractivity (Wildman–Crippen MR) is 137 cm³/mol. The van der Waals surface area contributed by atoms with Gasteiger partial charge in [0.15, 0.2) is 6.61 Å². The predicted octanol–water partition coefficient (Wildman–Crippen LogP) is 4.42. The average Bonchev–Trinajstić information content (AvgIpc) is 2.76. The summed E-state index contributed by atoms with van der Waals surface area (Å²) in [6, 6.07) is 13.5. The monoisotopic (exact) mass is 572 g/mol. The quantitative estimate of drug-likeness (QED) is 0.447. The van der Waals surface area contributed by atoms with Crippen molar-refractivity contribution in [1.29, 1.82) is 0 Å². The summed E-state index contributed by atoms with van der Waals surface area (Å²) in [6.45, 7) is 6.23. The molecule has 186 valence electrons. The van der Waals surface area contributed by atoms with Crippen LogP contribution in [-0.4, -0.2) is 66.2 Å². The van der Waals surface area contributed by atoms with Gasteiger partial charge in [-0.05, 0) is 68.1 Å². The zero-order valence-corrected chi connectivity index (χ0v) is 22.4. The molecule has 1 aliphatic rings. The van der Waals surface area contributed by atoms with Gasteiger partial charge in [0.1, 0.15) is 5.75 Å². The summed E-state index contributed by atoms with van der Waals surface area (Å²) in [7, 11) is -4.02. The van der Waals surface area contributed by atoms with E-state index in [0.29, 0.717) is 23.7 Å². The molecule has 2 aromatic rings. The second kappa shape index (κ2) is 11.9. The number of piperazine rings is 1. The lowest BCUT2D eigenvalue weighted by atomic mass is 10.1. The highest BCUT2D eigenvalue weighted by Crippen LogP contribution is 2.25. The summed E-state index contributed by atoms with van der Waals surface area (Å²) in [5.74, 6) is 0.124. The highest BCUT2D eigenvalue weighted by atomic mass is 79.9. The molecule has 0 saturated carbocycles. The minimum atomic E-state index is -4.02. The Morgan fingerprint density at radius 3 is 2.53 bits per heavy atom. The number of amides is 1. The molecule has 2 aromatic carbocycles. The van der Waals surface area contributed by atoms with Crippen LogP contribution in [0.3, 0.4) is 0 Å². The van der Waals surface area contributed by atoms with Gasteiger partial charge in [0, 0.05) is 41.2 Å². The first-order valence-corrected chi connectivity index (χ1v) is 13.9. The smallest absolute Gasteiger partial charge is 0.264 e. The summed E-state index contributed by atoms with van der Waals surface area (Å²) in [5, 5.41) is 0.716. The van der Waals surface area contributed by atoms with Gasteiger partial charge in [-0.25, -0.2) is 0 Å². The number of halogens is 2. The van der Waals surface area contributed by atoms with Gasteiger partial charge >= 0.3 is 0 Å². The number of aryl methyl sites for hydroxylation is 1. The number of hydrogen-bond donors (Lipinski definition) is 1. The van der Waals surface area contributed by atoms with Crippen LogP contribution in [0.1, 0.15) is 31.4 Å². The first-order chi connectivity index (χ1) is 16.0. The number of ether oxygens (including phenoxy) is 1. The Balaban J connectivity index is 1.57. The first kappa shape index (κ1) is 26.9. The number of rotatable bonds is 9. The lowest BCUT2D eigenvalue weighted by Crippen LogP contribution is -2.58. The van der Waals surface area contributed by atoms with E-state index in [4.69, 9.17) is 20.9 Å². The van der Waals surface area contributed by atoms with Crippen molar-refractivity contribution in [3.8, 4) is 5.75 Å². The molecule has 10 heteroatoms. The third-order valence-electron chi connectivity index (χ3n) is 5.96. The SMILES string of the molecule is C[C@@H]1CN(Cc2ccc(Cl)cc2)[C@@H](C)CN1C(=O)COc1ccc(Br)cc1CCCS(=O)(=O)O. The summed E-state index contributed by atoms with van der Waals surface area (Å²) < 4.78 is 37.7. The Bertz CT molecular complexity index is 1100. The van der Waals surface area contributed by atoms with Crippen molar-refractivity contribution in [2.24, 2.45) is 0 Å². The summed E-state index contributed by atoms with van der Waals surface area (Å²) in [6.07, 6.45) is 0.656. The molecule has 1 N–H and O–H groups in total. The number of benzene rings is 2. The molecule has 0 radical (unpaired) electrons. The molecular weight excluding hydrogens is 544 g/mol. The maximum atomic E-state index is 13.0. The van der Waals surface area contributed by atoms with E-state index in [1.165, 1.54) is 5.56 Å². The molecule has 0 unspecified atom stereocenters. The van der Waals surface area contributed by atoms with Crippen LogP contribution in [-0.2, 0) is 27.9 Å². The summed E-state index contributed by atoms with van der Waals surface area (Å²) in [5.41, 5.74) is 1.96. The first-order valence-electron chi connectivity index (χ1n) is 11.2. The van der Waals surface area contributed by atoms with E-state index < -0.39 is 10.1 Å². The highest BCUT2D eigenvalue weighted by molar-refractivity contribution is 9.10. The van der Waals surface area contributed by atoms with E-state index in [-0.39, 0.29) is 36.8 Å². The molecule has 7 nitrogen and oxygen atoms in total. The van der Waals surface area contributed by atoms with Gasteiger partial charge in [-0.1, -0.05) is 39.7 Å². The Kier molecular flexibility index (Phi) is 9.40. The molecule has 1 saturated heterocycles. The van der Waals surface area contributed by atoms with Crippen LogP contribution in [0.5, 0.6) is 5.75 Å². The lowest BCUT2D eigenvalue weighted by molar-refractivity contribution is -0.139. The van der Waals surface area contributed by atoms with E-state index >= 15 is 0 Å². The Morgan fingerprint density at radius 2 is 1.85 bits per heavy atom. The van der Waals surface area contributed by atoms with Crippen molar-refractivity contribution in [1.82, 2.24) is 9.80 Å². The molecular formula is C24H30BrClN2O5S. The molecule has 2 atom stereocenters. The molecule has 0 aliphatic carbocycles. The van der Waals surface area contributed by atoms with Crippen LogP contribution >= 0.6 is 27.5 Å².